The van der Waals surface area contributed by atoms with Gasteiger partial charge in [-0.1, -0.05) is 50.6 Å². The molecule has 0 unspecified atom stereocenters. The van der Waals surface area contributed by atoms with Crippen LogP contribution in [0.15, 0.2) is 43.0 Å². The van der Waals surface area contributed by atoms with Gasteiger partial charge in [-0.3, -0.25) is 0 Å². The van der Waals surface area contributed by atoms with Crippen LogP contribution in [-0.4, -0.2) is 5.97 Å². The van der Waals surface area contributed by atoms with Crippen molar-refractivity contribution >= 4 is 12.0 Å². The molecule has 0 aliphatic carbocycles. The molecule has 0 heterocycles. The number of hydrogen-bond donors (Lipinski definition) is 0. The van der Waals surface area contributed by atoms with E-state index in [4.69, 9.17) is 4.74 Å². The van der Waals surface area contributed by atoms with Gasteiger partial charge in [0.2, 0.25) is 0 Å². The number of hydrogen-bond acceptors (Lipinski definition) is 2. The lowest BCUT2D eigenvalue weighted by Crippen LogP contribution is -2.02. The van der Waals surface area contributed by atoms with E-state index in [1.807, 2.05) is 12.1 Å². The molecule has 1 aromatic carbocycles. The van der Waals surface area contributed by atoms with Crippen LogP contribution in [-0.2, 0) is 4.79 Å². The summed E-state index contributed by atoms with van der Waals surface area (Å²) in [6.07, 6.45) is 8.91. The summed E-state index contributed by atoms with van der Waals surface area (Å²) in [5, 5.41) is 0. The number of rotatable bonds is 6. The highest BCUT2D eigenvalue weighted by Gasteiger charge is 1.98. The van der Waals surface area contributed by atoms with E-state index in [2.05, 4.69) is 25.7 Å². The minimum Gasteiger partial charge on any atom is -0.423 e. The van der Waals surface area contributed by atoms with E-state index in [1.54, 1.807) is 12.1 Å². The second-order valence-electron chi connectivity index (χ2n) is 3.74. The van der Waals surface area contributed by atoms with Gasteiger partial charge in [0.1, 0.15) is 5.75 Å². The van der Waals surface area contributed by atoms with Gasteiger partial charge >= 0.3 is 5.97 Å². The molecule has 1 aromatic rings. The molecule has 90 valence electrons. The van der Waals surface area contributed by atoms with Crippen LogP contribution in [0.4, 0.5) is 0 Å². The van der Waals surface area contributed by atoms with Crippen molar-refractivity contribution in [2.45, 2.75) is 26.2 Å². The predicted octanol–water partition coefficient (Wildman–Crippen LogP) is 3.98. The third-order valence-electron chi connectivity index (χ3n) is 2.30. The van der Waals surface area contributed by atoms with E-state index in [-0.39, 0.29) is 0 Å². The van der Waals surface area contributed by atoms with Gasteiger partial charge < -0.3 is 4.74 Å². The smallest absolute Gasteiger partial charge is 0.335 e. The Labute approximate surface area is 103 Å². The Hall–Kier alpha value is -1.83. The number of carbonyl (C=O) groups excluding carboxylic acids is 1. The van der Waals surface area contributed by atoms with Crippen molar-refractivity contribution in [2.75, 3.05) is 0 Å². The van der Waals surface area contributed by atoms with E-state index in [0.29, 0.717) is 5.75 Å². The molecular formula is C15H18O2. The topological polar surface area (TPSA) is 26.3 Å². The Morgan fingerprint density at radius 2 is 2.06 bits per heavy atom. The van der Waals surface area contributed by atoms with E-state index in [0.717, 1.165) is 18.1 Å². The average molecular weight is 230 g/mol. The third kappa shape index (κ3) is 5.16. The van der Waals surface area contributed by atoms with Crippen LogP contribution in [0, 0.1) is 0 Å². The Kier molecular flexibility index (Phi) is 5.80. The largest absolute Gasteiger partial charge is 0.423 e. The van der Waals surface area contributed by atoms with Gasteiger partial charge in [0, 0.05) is 6.08 Å². The summed E-state index contributed by atoms with van der Waals surface area (Å²) in [4.78, 5) is 11.0. The standard InChI is InChI=1S/C15H18O2/c1-3-5-6-7-8-13-9-11-14(12-10-13)17-15(16)4-2/h4,7-12H,2-3,5-6H2,1H3. The first-order valence-corrected chi connectivity index (χ1v) is 5.87. The summed E-state index contributed by atoms with van der Waals surface area (Å²) in [5.41, 5.74) is 1.11. The van der Waals surface area contributed by atoms with E-state index >= 15 is 0 Å². The summed E-state index contributed by atoms with van der Waals surface area (Å²) in [6, 6.07) is 7.41. The lowest BCUT2D eigenvalue weighted by Gasteiger charge is -2.01. The van der Waals surface area contributed by atoms with Crippen LogP contribution >= 0.6 is 0 Å². The normalized spacial score (nSPS) is 10.4. The summed E-state index contributed by atoms with van der Waals surface area (Å²) in [5.74, 6) is 0.108. The van der Waals surface area contributed by atoms with Gasteiger partial charge in [0.25, 0.3) is 0 Å². The second kappa shape index (κ2) is 7.44. The van der Waals surface area contributed by atoms with Crippen molar-refractivity contribution in [1.29, 1.82) is 0 Å². The molecule has 0 fully saturated rings. The highest BCUT2D eigenvalue weighted by molar-refractivity contribution is 5.83. The fourth-order valence-electron chi connectivity index (χ4n) is 1.35. The van der Waals surface area contributed by atoms with Crippen LogP contribution in [0.25, 0.3) is 6.08 Å². The molecule has 1 rings (SSSR count). The molecule has 0 saturated heterocycles. The van der Waals surface area contributed by atoms with Crippen molar-refractivity contribution in [3.63, 3.8) is 0 Å². The average Bonchev–Trinajstić information content (AvgIpc) is 2.36. The maximum absolute atomic E-state index is 11.0. The molecule has 0 radical (unpaired) electrons. The van der Waals surface area contributed by atoms with Gasteiger partial charge in [0.15, 0.2) is 0 Å². The molecule has 17 heavy (non-hydrogen) atoms. The lowest BCUT2D eigenvalue weighted by atomic mass is 10.1. The molecule has 0 bridgehead atoms. The molecule has 0 atom stereocenters. The number of esters is 1. The first-order chi connectivity index (χ1) is 8.26. The summed E-state index contributed by atoms with van der Waals surface area (Å²) in [6.45, 7) is 5.52. The number of carbonyl (C=O) groups is 1. The lowest BCUT2D eigenvalue weighted by molar-refractivity contribution is -0.128. The molecule has 0 amide bonds. The predicted molar refractivity (Wildman–Crippen MR) is 70.8 cm³/mol. The van der Waals surface area contributed by atoms with Crippen LogP contribution in [0.1, 0.15) is 31.7 Å². The van der Waals surface area contributed by atoms with E-state index in [1.165, 1.54) is 12.8 Å². The minimum atomic E-state index is -0.434. The quantitative estimate of drug-likeness (QED) is 0.320. The number of benzene rings is 1. The van der Waals surface area contributed by atoms with Crippen LogP contribution in [0.5, 0.6) is 5.75 Å². The molecule has 0 aliphatic rings. The van der Waals surface area contributed by atoms with Gasteiger partial charge in [-0.25, -0.2) is 4.79 Å². The van der Waals surface area contributed by atoms with Gasteiger partial charge in [-0.05, 0) is 24.1 Å². The molecule has 2 heteroatoms. The van der Waals surface area contributed by atoms with Crippen molar-refractivity contribution < 1.29 is 9.53 Å². The summed E-state index contributed by atoms with van der Waals surface area (Å²) in [7, 11) is 0. The SMILES string of the molecule is C=CC(=O)Oc1ccc(C=CCCCC)cc1. The third-order valence-corrected chi connectivity index (χ3v) is 2.30. The summed E-state index contributed by atoms with van der Waals surface area (Å²) < 4.78 is 4.98. The minimum absolute atomic E-state index is 0.434. The number of ether oxygens (including phenoxy) is 1. The second-order valence-corrected chi connectivity index (χ2v) is 3.74. The molecule has 0 aromatic heterocycles. The molecule has 0 N–H and O–H groups in total. The Morgan fingerprint density at radius 3 is 2.65 bits per heavy atom. The monoisotopic (exact) mass is 230 g/mol. The highest BCUT2D eigenvalue weighted by atomic mass is 16.5. The molecule has 0 aliphatic heterocycles. The van der Waals surface area contributed by atoms with Crippen LogP contribution in [0.3, 0.4) is 0 Å². The van der Waals surface area contributed by atoms with E-state index < -0.39 is 5.97 Å². The Balaban J connectivity index is 2.52. The van der Waals surface area contributed by atoms with Crippen molar-refractivity contribution in [3.8, 4) is 5.75 Å². The van der Waals surface area contributed by atoms with E-state index in [9.17, 15) is 4.79 Å². The first kappa shape index (κ1) is 13.2. The zero-order valence-electron chi connectivity index (χ0n) is 10.2. The summed E-state index contributed by atoms with van der Waals surface area (Å²) >= 11 is 0. The highest BCUT2D eigenvalue weighted by Crippen LogP contribution is 2.14. The van der Waals surface area contributed by atoms with Gasteiger partial charge in [-0.15, -0.1) is 0 Å². The van der Waals surface area contributed by atoms with Crippen molar-refractivity contribution in [3.05, 3.63) is 48.6 Å². The molecule has 0 spiro atoms. The molecule has 2 nitrogen and oxygen atoms in total. The number of allylic oxidation sites excluding steroid dienone is 1. The molecule has 0 saturated carbocycles. The first-order valence-electron chi connectivity index (χ1n) is 5.87. The van der Waals surface area contributed by atoms with Crippen LogP contribution in [0.2, 0.25) is 0 Å². The maximum Gasteiger partial charge on any atom is 0.335 e. The van der Waals surface area contributed by atoms with Gasteiger partial charge in [0.05, 0.1) is 0 Å². The zero-order chi connectivity index (χ0) is 12.5. The van der Waals surface area contributed by atoms with Gasteiger partial charge in [-0.2, -0.15) is 0 Å². The fraction of sp³-hybridized carbons (Fsp3) is 0.267. The number of unbranched alkanes of at least 4 members (excludes halogenated alkanes) is 2. The maximum atomic E-state index is 11.0. The zero-order valence-corrected chi connectivity index (χ0v) is 10.2. The molecular weight excluding hydrogens is 212 g/mol. The van der Waals surface area contributed by atoms with Crippen LogP contribution < -0.4 is 4.74 Å². The van der Waals surface area contributed by atoms with Crippen molar-refractivity contribution in [2.24, 2.45) is 0 Å². The Bertz CT molecular complexity index is 388. The Morgan fingerprint density at radius 1 is 1.35 bits per heavy atom. The van der Waals surface area contributed by atoms with Crippen molar-refractivity contribution in [1.82, 2.24) is 0 Å². The fourth-order valence-corrected chi connectivity index (χ4v) is 1.35.